The quantitative estimate of drug-likeness (QED) is 0.532. The number of aromatic nitrogens is 2. The highest BCUT2D eigenvalue weighted by atomic mass is 35.5. The number of hydrogen-bond donors (Lipinski definition) is 0. The van der Waals surface area contributed by atoms with Crippen molar-refractivity contribution in [1.29, 1.82) is 0 Å². The summed E-state index contributed by atoms with van der Waals surface area (Å²) in [6, 6.07) is 7.54. The summed E-state index contributed by atoms with van der Waals surface area (Å²) in [5.41, 5.74) is 1.84. The van der Waals surface area contributed by atoms with Crippen molar-refractivity contribution in [1.82, 2.24) is 9.97 Å². The fraction of sp³-hybridized carbons (Fsp3) is 0.333. The molecule has 0 unspecified atom stereocenters. The van der Waals surface area contributed by atoms with Crippen molar-refractivity contribution in [2.45, 2.75) is 32.6 Å². The van der Waals surface area contributed by atoms with Crippen molar-refractivity contribution < 1.29 is 0 Å². The van der Waals surface area contributed by atoms with Gasteiger partial charge >= 0.3 is 0 Å². The lowest BCUT2D eigenvalue weighted by atomic mass is 9.82. The molecule has 1 aromatic heterocycles. The summed E-state index contributed by atoms with van der Waals surface area (Å²) in [4.78, 5) is 8.83. The zero-order valence-corrected chi connectivity index (χ0v) is 14.6. The molecule has 3 heteroatoms. The van der Waals surface area contributed by atoms with E-state index in [0.717, 1.165) is 17.0 Å². The predicted molar refractivity (Wildman–Crippen MR) is 99.6 cm³/mol. The van der Waals surface area contributed by atoms with Crippen molar-refractivity contribution in [2.75, 3.05) is 0 Å². The van der Waals surface area contributed by atoms with E-state index < -0.39 is 0 Å². The zero-order valence-electron chi connectivity index (χ0n) is 13.9. The minimum absolute atomic E-state index is 0.502. The summed E-state index contributed by atoms with van der Waals surface area (Å²) < 4.78 is 0. The van der Waals surface area contributed by atoms with Gasteiger partial charge in [0.1, 0.15) is 0 Å². The zero-order chi connectivity index (χ0) is 16.8. The van der Waals surface area contributed by atoms with Crippen LogP contribution < -0.4 is 0 Å². The van der Waals surface area contributed by atoms with Gasteiger partial charge in [0.15, 0.2) is 5.82 Å². The van der Waals surface area contributed by atoms with E-state index in [9.17, 15) is 0 Å². The van der Waals surface area contributed by atoms with Crippen molar-refractivity contribution in [3.63, 3.8) is 0 Å². The van der Waals surface area contributed by atoms with E-state index in [2.05, 4.69) is 40.9 Å². The van der Waals surface area contributed by atoms with Crippen LogP contribution in [-0.2, 0) is 0 Å². The van der Waals surface area contributed by atoms with Gasteiger partial charge in [-0.3, -0.25) is 0 Å². The third-order valence-corrected chi connectivity index (χ3v) is 4.66. The van der Waals surface area contributed by atoms with Crippen LogP contribution in [0.3, 0.4) is 0 Å². The summed E-state index contributed by atoms with van der Waals surface area (Å²) in [5.74, 6) is 8.58. The lowest BCUT2D eigenvalue weighted by molar-refractivity contribution is 0.364. The summed E-state index contributed by atoms with van der Waals surface area (Å²) in [6.07, 6.45) is 13.0. The predicted octanol–water partition coefficient (Wildman–Crippen LogP) is 5.53. The van der Waals surface area contributed by atoms with E-state index in [-0.39, 0.29) is 0 Å². The molecule has 122 valence electrons. The van der Waals surface area contributed by atoms with Gasteiger partial charge in [0.05, 0.1) is 5.56 Å². The van der Waals surface area contributed by atoms with Crippen molar-refractivity contribution in [2.24, 2.45) is 11.8 Å². The molecule has 3 rings (SSSR count). The third-order valence-electron chi connectivity index (χ3n) is 4.41. The van der Waals surface area contributed by atoms with Crippen LogP contribution >= 0.6 is 11.6 Å². The van der Waals surface area contributed by atoms with E-state index >= 15 is 0 Å². The molecule has 0 aliphatic heterocycles. The average molecular weight is 337 g/mol. The van der Waals surface area contributed by atoms with Crippen LogP contribution in [0.25, 0.3) is 11.4 Å². The number of halogens is 1. The first-order chi connectivity index (χ1) is 11.7. The molecule has 0 bridgehead atoms. The molecular formula is C21H21ClN2. The SMILES string of the molecule is CC=C[C@H]1CC[C@H](C#Cc2cnc(-c3ccc(Cl)cc3)nc2)CC1. The van der Waals surface area contributed by atoms with Gasteiger partial charge in [-0.25, -0.2) is 9.97 Å². The molecule has 1 aliphatic rings. The van der Waals surface area contributed by atoms with E-state index in [0.29, 0.717) is 16.8 Å². The summed E-state index contributed by atoms with van der Waals surface area (Å²) >= 11 is 5.90. The molecule has 1 saturated carbocycles. The Labute approximate surface area is 149 Å². The van der Waals surface area contributed by atoms with Crippen LogP contribution in [0.2, 0.25) is 5.02 Å². The second-order valence-corrected chi connectivity index (χ2v) is 6.65. The second-order valence-electron chi connectivity index (χ2n) is 6.21. The molecule has 24 heavy (non-hydrogen) atoms. The van der Waals surface area contributed by atoms with Crippen molar-refractivity contribution >= 4 is 11.6 Å². The largest absolute Gasteiger partial charge is 0.235 e. The Balaban J connectivity index is 1.62. The van der Waals surface area contributed by atoms with E-state index in [4.69, 9.17) is 11.6 Å². The molecular weight excluding hydrogens is 316 g/mol. The Bertz CT molecular complexity index is 743. The van der Waals surface area contributed by atoms with Crippen LogP contribution in [0.1, 0.15) is 38.2 Å². The van der Waals surface area contributed by atoms with Crippen LogP contribution in [0.15, 0.2) is 48.8 Å². The molecule has 1 aromatic carbocycles. The maximum Gasteiger partial charge on any atom is 0.159 e. The molecule has 0 atom stereocenters. The fourth-order valence-corrected chi connectivity index (χ4v) is 3.18. The summed E-state index contributed by atoms with van der Waals surface area (Å²) in [5, 5.41) is 0.713. The van der Waals surface area contributed by atoms with Crippen LogP contribution in [0, 0.1) is 23.7 Å². The molecule has 1 aliphatic carbocycles. The smallest absolute Gasteiger partial charge is 0.159 e. The maximum atomic E-state index is 5.90. The fourth-order valence-electron chi connectivity index (χ4n) is 3.05. The second kappa shape index (κ2) is 8.13. The molecule has 1 fully saturated rings. The van der Waals surface area contributed by atoms with Gasteiger partial charge in [-0.1, -0.05) is 35.6 Å². The molecule has 0 spiro atoms. The van der Waals surface area contributed by atoms with Gasteiger partial charge < -0.3 is 0 Å². The van der Waals surface area contributed by atoms with E-state index in [1.54, 1.807) is 12.4 Å². The van der Waals surface area contributed by atoms with Gasteiger partial charge in [-0.15, -0.1) is 0 Å². The Morgan fingerprint density at radius 2 is 1.71 bits per heavy atom. The lowest BCUT2D eigenvalue weighted by Gasteiger charge is -2.22. The van der Waals surface area contributed by atoms with E-state index in [1.807, 2.05) is 24.3 Å². The Morgan fingerprint density at radius 3 is 2.33 bits per heavy atom. The maximum absolute atomic E-state index is 5.90. The van der Waals surface area contributed by atoms with Crippen LogP contribution in [-0.4, -0.2) is 9.97 Å². The minimum Gasteiger partial charge on any atom is -0.235 e. The van der Waals surface area contributed by atoms with E-state index in [1.165, 1.54) is 25.7 Å². The first kappa shape index (κ1) is 16.7. The normalized spacial score (nSPS) is 20.6. The van der Waals surface area contributed by atoms with Gasteiger partial charge in [0.25, 0.3) is 0 Å². The lowest BCUT2D eigenvalue weighted by Crippen LogP contribution is -2.11. The monoisotopic (exact) mass is 336 g/mol. The molecule has 0 amide bonds. The first-order valence-electron chi connectivity index (χ1n) is 8.47. The Kier molecular flexibility index (Phi) is 5.67. The summed E-state index contributed by atoms with van der Waals surface area (Å²) in [7, 11) is 0. The molecule has 0 N–H and O–H groups in total. The third kappa shape index (κ3) is 4.46. The van der Waals surface area contributed by atoms with Gasteiger partial charge in [0, 0.05) is 28.9 Å². The number of allylic oxidation sites excluding steroid dienone is 2. The highest BCUT2D eigenvalue weighted by Gasteiger charge is 2.17. The molecule has 1 heterocycles. The number of benzene rings is 1. The highest BCUT2D eigenvalue weighted by Crippen LogP contribution is 2.29. The topological polar surface area (TPSA) is 25.8 Å². The van der Waals surface area contributed by atoms with Gasteiger partial charge in [-0.2, -0.15) is 0 Å². The van der Waals surface area contributed by atoms with Crippen molar-refractivity contribution in [3.05, 3.63) is 59.4 Å². The molecule has 0 radical (unpaired) electrons. The average Bonchev–Trinajstić information content (AvgIpc) is 2.63. The highest BCUT2D eigenvalue weighted by molar-refractivity contribution is 6.30. The number of rotatable bonds is 2. The summed E-state index contributed by atoms with van der Waals surface area (Å²) in [6.45, 7) is 2.10. The molecule has 0 saturated heterocycles. The first-order valence-corrected chi connectivity index (χ1v) is 8.84. The van der Waals surface area contributed by atoms with Crippen LogP contribution in [0.5, 0.6) is 0 Å². The standard InChI is InChI=1S/C21H21ClN2/c1-2-3-16-4-6-17(7-5-16)8-9-18-14-23-21(24-15-18)19-10-12-20(22)13-11-19/h2-3,10-17H,4-7H2,1H3/t16-,17-. The van der Waals surface area contributed by atoms with Crippen molar-refractivity contribution in [3.8, 4) is 23.2 Å². The van der Waals surface area contributed by atoms with Gasteiger partial charge in [-0.05, 0) is 62.8 Å². The molecule has 2 aromatic rings. The number of hydrogen-bond acceptors (Lipinski definition) is 2. The minimum atomic E-state index is 0.502. The molecule has 2 nitrogen and oxygen atoms in total. The Hall–Kier alpha value is -2.11. The number of nitrogens with zero attached hydrogens (tertiary/aromatic N) is 2. The Morgan fingerprint density at radius 1 is 1.04 bits per heavy atom. The van der Waals surface area contributed by atoms with Crippen LogP contribution in [0.4, 0.5) is 0 Å². The van der Waals surface area contributed by atoms with Gasteiger partial charge in [0.2, 0.25) is 0 Å².